The van der Waals surface area contributed by atoms with Crippen molar-refractivity contribution in [2.75, 3.05) is 0 Å². The van der Waals surface area contributed by atoms with Crippen LogP contribution in [0.3, 0.4) is 0 Å². The summed E-state index contributed by atoms with van der Waals surface area (Å²) >= 11 is 0. The van der Waals surface area contributed by atoms with Crippen molar-refractivity contribution in [1.29, 1.82) is 5.26 Å². The van der Waals surface area contributed by atoms with Crippen molar-refractivity contribution in [2.24, 2.45) is 0 Å². The third-order valence-corrected chi connectivity index (χ3v) is 2.20. The highest BCUT2D eigenvalue weighted by Gasteiger charge is 2.04. The second-order valence-electron chi connectivity index (χ2n) is 3.10. The van der Waals surface area contributed by atoms with E-state index in [2.05, 4.69) is 4.98 Å². The second-order valence-corrected chi connectivity index (χ2v) is 3.10. The molecular weight excluding hydrogens is 176 g/mol. The van der Waals surface area contributed by atoms with Gasteiger partial charge in [-0.25, -0.2) is 0 Å². The number of phenolic OH excluding ortho intramolecular Hbond substituents is 1. The van der Waals surface area contributed by atoms with Gasteiger partial charge in [0.05, 0.1) is 5.56 Å². The first-order valence-corrected chi connectivity index (χ1v) is 4.21. The number of rotatable bonds is 0. The predicted octanol–water partition coefficient (Wildman–Crippen LogP) is 2.12. The summed E-state index contributed by atoms with van der Waals surface area (Å²) in [5.41, 5.74) is 1.14. The van der Waals surface area contributed by atoms with E-state index >= 15 is 0 Å². The van der Waals surface area contributed by atoms with Crippen LogP contribution in [0.5, 0.6) is 5.75 Å². The van der Waals surface area contributed by atoms with E-state index in [-0.39, 0.29) is 5.75 Å². The normalized spacial score (nSPS) is 10.0. The molecule has 0 fully saturated rings. The van der Waals surface area contributed by atoms with Gasteiger partial charge in [0.15, 0.2) is 0 Å². The lowest BCUT2D eigenvalue weighted by atomic mass is 10.1. The van der Waals surface area contributed by atoms with Gasteiger partial charge in [-0.3, -0.25) is 4.98 Å². The van der Waals surface area contributed by atoms with E-state index in [9.17, 15) is 5.11 Å². The van der Waals surface area contributed by atoms with Crippen LogP contribution >= 0.6 is 0 Å². The number of hydrogen-bond donors (Lipinski definition) is 1. The number of nitriles is 1. The Morgan fingerprint density at radius 3 is 2.93 bits per heavy atom. The monoisotopic (exact) mass is 184 g/mol. The number of benzene rings is 1. The Morgan fingerprint density at radius 1 is 1.43 bits per heavy atom. The minimum absolute atomic E-state index is 0.0103. The van der Waals surface area contributed by atoms with Gasteiger partial charge in [0.2, 0.25) is 0 Å². The maximum absolute atomic E-state index is 9.48. The molecule has 1 aromatic carbocycles. The number of hydrogen-bond acceptors (Lipinski definition) is 3. The van der Waals surface area contributed by atoms with Crippen LogP contribution in [0.1, 0.15) is 11.3 Å². The molecule has 1 N–H and O–H groups in total. The van der Waals surface area contributed by atoms with E-state index in [1.807, 2.05) is 19.1 Å². The molecule has 1 heterocycles. The largest absolute Gasteiger partial charge is 0.507 e. The van der Waals surface area contributed by atoms with Gasteiger partial charge in [-0.05, 0) is 30.5 Å². The maximum Gasteiger partial charge on any atom is 0.134 e. The summed E-state index contributed by atoms with van der Waals surface area (Å²) in [5, 5.41) is 20.0. The lowest BCUT2D eigenvalue weighted by molar-refractivity contribution is 0.474. The summed E-state index contributed by atoms with van der Waals surface area (Å²) < 4.78 is 0. The van der Waals surface area contributed by atoms with Crippen LogP contribution in [0.15, 0.2) is 24.4 Å². The predicted molar refractivity (Wildman–Crippen MR) is 52.9 cm³/mol. The van der Waals surface area contributed by atoms with E-state index in [0.717, 1.165) is 16.5 Å². The first kappa shape index (κ1) is 8.52. The van der Waals surface area contributed by atoms with E-state index in [4.69, 9.17) is 5.26 Å². The number of aromatic hydroxyl groups is 1. The average molecular weight is 184 g/mol. The Hall–Kier alpha value is -2.08. The summed E-state index contributed by atoms with van der Waals surface area (Å²) in [7, 11) is 0. The average Bonchev–Trinajstić information content (AvgIpc) is 2.19. The van der Waals surface area contributed by atoms with Crippen molar-refractivity contribution in [1.82, 2.24) is 4.98 Å². The fourth-order valence-corrected chi connectivity index (χ4v) is 1.44. The topological polar surface area (TPSA) is 56.9 Å². The molecule has 0 radical (unpaired) electrons. The molecule has 0 saturated carbocycles. The molecule has 0 unspecified atom stereocenters. The van der Waals surface area contributed by atoms with Crippen LogP contribution in [0.25, 0.3) is 10.8 Å². The number of phenols is 1. The maximum atomic E-state index is 9.48. The molecule has 0 aliphatic heterocycles. The molecule has 14 heavy (non-hydrogen) atoms. The van der Waals surface area contributed by atoms with Gasteiger partial charge in [0.25, 0.3) is 0 Å². The lowest BCUT2D eigenvalue weighted by Crippen LogP contribution is -1.85. The van der Waals surface area contributed by atoms with Crippen LogP contribution in [0.2, 0.25) is 0 Å². The Labute approximate surface area is 81.2 Å². The molecule has 0 spiro atoms. The SMILES string of the molecule is Cc1nccc2cc(C#N)c(O)cc12. The molecule has 0 amide bonds. The Bertz CT molecular complexity index is 541. The fraction of sp³-hybridized carbons (Fsp3) is 0.0909. The van der Waals surface area contributed by atoms with Crippen LogP contribution in [-0.4, -0.2) is 10.1 Å². The van der Waals surface area contributed by atoms with E-state index in [1.165, 1.54) is 0 Å². The van der Waals surface area contributed by atoms with Crippen molar-refractivity contribution >= 4 is 10.8 Å². The quantitative estimate of drug-likeness (QED) is 0.682. The number of pyridine rings is 1. The third-order valence-electron chi connectivity index (χ3n) is 2.20. The van der Waals surface area contributed by atoms with Gasteiger partial charge in [-0.15, -0.1) is 0 Å². The minimum atomic E-state index is 0.0103. The fourth-order valence-electron chi connectivity index (χ4n) is 1.44. The molecular formula is C11H8N2O. The second kappa shape index (κ2) is 3.00. The summed E-state index contributed by atoms with van der Waals surface area (Å²) in [5.74, 6) is 0.0103. The van der Waals surface area contributed by atoms with Crippen molar-refractivity contribution in [3.63, 3.8) is 0 Å². The van der Waals surface area contributed by atoms with E-state index in [0.29, 0.717) is 5.56 Å². The Morgan fingerprint density at radius 2 is 2.21 bits per heavy atom. The number of fused-ring (bicyclic) bond motifs is 1. The highest BCUT2D eigenvalue weighted by Crippen LogP contribution is 2.25. The summed E-state index contributed by atoms with van der Waals surface area (Å²) in [6, 6.07) is 7.00. The summed E-state index contributed by atoms with van der Waals surface area (Å²) in [6.45, 7) is 1.87. The van der Waals surface area contributed by atoms with Gasteiger partial charge in [0, 0.05) is 17.3 Å². The lowest BCUT2D eigenvalue weighted by Gasteiger charge is -2.02. The summed E-state index contributed by atoms with van der Waals surface area (Å²) in [6.07, 6.45) is 1.69. The van der Waals surface area contributed by atoms with E-state index in [1.54, 1.807) is 18.3 Å². The van der Waals surface area contributed by atoms with Crippen molar-refractivity contribution in [3.05, 3.63) is 35.7 Å². The zero-order chi connectivity index (χ0) is 10.1. The van der Waals surface area contributed by atoms with Crippen LogP contribution in [0, 0.1) is 18.3 Å². The highest BCUT2D eigenvalue weighted by atomic mass is 16.3. The van der Waals surface area contributed by atoms with Gasteiger partial charge < -0.3 is 5.11 Å². The van der Waals surface area contributed by atoms with Gasteiger partial charge in [-0.2, -0.15) is 5.26 Å². The van der Waals surface area contributed by atoms with Crippen LogP contribution in [-0.2, 0) is 0 Å². The Kier molecular flexibility index (Phi) is 1.83. The molecule has 0 aliphatic rings. The van der Waals surface area contributed by atoms with Gasteiger partial charge in [0.1, 0.15) is 11.8 Å². The number of aryl methyl sites for hydroxylation is 1. The molecule has 0 bridgehead atoms. The van der Waals surface area contributed by atoms with Crippen LogP contribution in [0.4, 0.5) is 0 Å². The van der Waals surface area contributed by atoms with Crippen molar-refractivity contribution in [3.8, 4) is 11.8 Å². The minimum Gasteiger partial charge on any atom is -0.507 e. The number of aromatic nitrogens is 1. The number of nitrogens with zero attached hydrogens (tertiary/aromatic N) is 2. The Balaban J connectivity index is 2.88. The highest BCUT2D eigenvalue weighted by molar-refractivity contribution is 5.87. The van der Waals surface area contributed by atoms with Crippen LogP contribution < -0.4 is 0 Å². The smallest absolute Gasteiger partial charge is 0.134 e. The summed E-state index contributed by atoms with van der Waals surface area (Å²) in [4.78, 5) is 4.11. The molecule has 0 aliphatic carbocycles. The molecule has 3 nitrogen and oxygen atoms in total. The molecule has 2 aromatic rings. The van der Waals surface area contributed by atoms with E-state index < -0.39 is 0 Å². The zero-order valence-electron chi connectivity index (χ0n) is 7.65. The molecule has 1 aromatic heterocycles. The molecule has 3 heteroatoms. The molecule has 0 saturated heterocycles. The molecule has 0 atom stereocenters. The van der Waals surface area contributed by atoms with Crippen molar-refractivity contribution in [2.45, 2.75) is 6.92 Å². The van der Waals surface area contributed by atoms with Gasteiger partial charge >= 0.3 is 0 Å². The molecule has 2 rings (SSSR count). The zero-order valence-corrected chi connectivity index (χ0v) is 7.65. The first-order chi connectivity index (χ1) is 6.72. The van der Waals surface area contributed by atoms with Gasteiger partial charge in [-0.1, -0.05) is 0 Å². The third kappa shape index (κ3) is 1.17. The standard InChI is InChI=1S/C11H8N2O/c1-7-10-5-11(14)9(6-12)4-8(10)2-3-13-7/h2-5,14H,1H3. The van der Waals surface area contributed by atoms with Crippen molar-refractivity contribution < 1.29 is 5.11 Å². The molecule has 68 valence electrons. The first-order valence-electron chi connectivity index (χ1n) is 4.21.